The molecule has 2 heterocycles. The first kappa shape index (κ1) is 20.5. The maximum atomic E-state index is 10.7. The summed E-state index contributed by atoms with van der Waals surface area (Å²) in [7, 11) is 1.55. The maximum absolute atomic E-state index is 10.7. The van der Waals surface area contributed by atoms with E-state index in [1.165, 1.54) is 0 Å². The third-order valence-electron chi connectivity index (χ3n) is 4.45. The van der Waals surface area contributed by atoms with Gasteiger partial charge >= 0.3 is 5.97 Å². The zero-order valence-electron chi connectivity index (χ0n) is 16.3. The van der Waals surface area contributed by atoms with Crippen molar-refractivity contribution in [2.75, 3.05) is 7.11 Å². The van der Waals surface area contributed by atoms with Gasteiger partial charge in [-0.25, -0.2) is 9.78 Å². The molecular formula is C21H23NO7. The molecule has 2 aromatic heterocycles. The third kappa shape index (κ3) is 5.17. The first-order chi connectivity index (χ1) is 14.0. The van der Waals surface area contributed by atoms with Crippen LogP contribution in [0, 0.1) is 6.92 Å². The number of oxazole rings is 1. The highest BCUT2D eigenvalue weighted by atomic mass is 16.5. The average molecular weight is 401 g/mol. The van der Waals surface area contributed by atoms with Crippen molar-refractivity contribution in [3.05, 3.63) is 53.6 Å². The number of carbonyl (C=O) groups is 1. The van der Waals surface area contributed by atoms with Crippen LogP contribution in [0.25, 0.3) is 11.7 Å². The van der Waals surface area contributed by atoms with Gasteiger partial charge in [0.1, 0.15) is 18.1 Å². The molecule has 154 valence electrons. The summed E-state index contributed by atoms with van der Waals surface area (Å²) in [5, 5.41) is 18.1. The van der Waals surface area contributed by atoms with Crippen molar-refractivity contribution < 1.29 is 33.3 Å². The molecule has 2 N–H and O–H groups in total. The summed E-state index contributed by atoms with van der Waals surface area (Å²) in [6.45, 7) is 2.01. The summed E-state index contributed by atoms with van der Waals surface area (Å²) in [6.07, 6.45) is 1.58. The number of aryl methyl sites for hydroxylation is 2. The molecule has 1 aromatic carbocycles. The molecule has 3 aromatic rings. The van der Waals surface area contributed by atoms with Crippen molar-refractivity contribution in [1.82, 2.24) is 4.98 Å². The van der Waals surface area contributed by atoms with E-state index in [-0.39, 0.29) is 13.0 Å². The Labute approximate surface area is 167 Å². The Morgan fingerprint density at radius 2 is 2.10 bits per heavy atom. The Morgan fingerprint density at radius 3 is 2.79 bits per heavy atom. The number of rotatable bonds is 10. The largest absolute Gasteiger partial charge is 0.493 e. The summed E-state index contributed by atoms with van der Waals surface area (Å²) >= 11 is 0. The van der Waals surface area contributed by atoms with Gasteiger partial charge in [-0.1, -0.05) is 6.07 Å². The minimum atomic E-state index is -1.34. The van der Waals surface area contributed by atoms with E-state index in [0.29, 0.717) is 47.4 Å². The lowest BCUT2D eigenvalue weighted by Crippen LogP contribution is -2.19. The number of benzene rings is 1. The topological polar surface area (TPSA) is 115 Å². The Morgan fingerprint density at radius 1 is 1.28 bits per heavy atom. The zero-order chi connectivity index (χ0) is 20.8. The quantitative estimate of drug-likeness (QED) is 0.529. The second-order valence-corrected chi connectivity index (χ2v) is 6.52. The van der Waals surface area contributed by atoms with Gasteiger partial charge in [0.15, 0.2) is 23.4 Å². The van der Waals surface area contributed by atoms with Crippen LogP contribution in [0.3, 0.4) is 0 Å². The summed E-state index contributed by atoms with van der Waals surface area (Å²) < 4.78 is 22.2. The molecule has 8 heteroatoms. The van der Waals surface area contributed by atoms with Crippen molar-refractivity contribution in [3.8, 4) is 23.1 Å². The Bertz CT molecular complexity index is 946. The predicted molar refractivity (Wildman–Crippen MR) is 103 cm³/mol. The number of aliphatic hydroxyl groups is 1. The first-order valence-electron chi connectivity index (χ1n) is 9.18. The van der Waals surface area contributed by atoms with Crippen molar-refractivity contribution in [3.63, 3.8) is 0 Å². The predicted octanol–water partition coefficient (Wildman–Crippen LogP) is 3.60. The molecule has 1 atom stereocenters. The summed E-state index contributed by atoms with van der Waals surface area (Å²) in [6, 6.07) is 9.05. The van der Waals surface area contributed by atoms with Crippen LogP contribution in [0.1, 0.15) is 29.9 Å². The highest BCUT2D eigenvalue weighted by Gasteiger charge is 2.16. The van der Waals surface area contributed by atoms with Crippen molar-refractivity contribution in [2.45, 2.75) is 38.9 Å². The van der Waals surface area contributed by atoms with Gasteiger partial charge in [0.05, 0.1) is 13.4 Å². The molecule has 8 nitrogen and oxygen atoms in total. The van der Waals surface area contributed by atoms with Crippen LogP contribution in [0.15, 0.2) is 45.4 Å². The molecule has 0 spiro atoms. The SMILES string of the molecule is COc1cc(CCCC(O)C(=O)O)ccc1OCc1nc(-c2ccco2)oc1C. The number of ether oxygens (including phenoxy) is 2. The van der Waals surface area contributed by atoms with E-state index < -0.39 is 12.1 Å². The Kier molecular flexibility index (Phi) is 6.56. The second-order valence-electron chi connectivity index (χ2n) is 6.52. The normalized spacial score (nSPS) is 12.0. The summed E-state index contributed by atoms with van der Waals surface area (Å²) in [5.74, 6) is 1.51. The standard InChI is InChI=1S/C21H23NO7/c1-13-15(22-20(29-13)18-7-4-10-27-18)12-28-17-9-8-14(11-19(17)26-2)5-3-6-16(23)21(24)25/h4,7-11,16,23H,3,5-6,12H2,1-2H3,(H,24,25). The summed E-state index contributed by atoms with van der Waals surface area (Å²) in [5.41, 5.74) is 1.62. The molecule has 0 aliphatic carbocycles. The van der Waals surface area contributed by atoms with E-state index in [1.54, 1.807) is 31.6 Å². The molecular weight excluding hydrogens is 378 g/mol. The molecule has 0 saturated carbocycles. The third-order valence-corrected chi connectivity index (χ3v) is 4.45. The lowest BCUT2D eigenvalue weighted by Gasteiger charge is -2.12. The van der Waals surface area contributed by atoms with E-state index in [4.69, 9.17) is 23.4 Å². The first-order valence-corrected chi connectivity index (χ1v) is 9.18. The van der Waals surface area contributed by atoms with Crippen LogP contribution in [0.4, 0.5) is 0 Å². The van der Waals surface area contributed by atoms with E-state index in [2.05, 4.69) is 4.98 Å². The van der Waals surface area contributed by atoms with Crippen molar-refractivity contribution >= 4 is 5.97 Å². The number of hydrogen-bond donors (Lipinski definition) is 2. The number of hydrogen-bond acceptors (Lipinski definition) is 7. The number of furan rings is 1. The number of aromatic nitrogens is 1. The Balaban J connectivity index is 1.62. The monoisotopic (exact) mass is 401 g/mol. The molecule has 0 amide bonds. The lowest BCUT2D eigenvalue weighted by atomic mass is 10.1. The fourth-order valence-corrected chi connectivity index (χ4v) is 2.82. The van der Waals surface area contributed by atoms with Crippen molar-refractivity contribution in [1.29, 1.82) is 0 Å². The van der Waals surface area contributed by atoms with E-state index in [9.17, 15) is 9.90 Å². The zero-order valence-corrected chi connectivity index (χ0v) is 16.3. The van der Waals surface area contributed by atoms with Gasteiger partial charge in [-0.3, -0.25) is 0 Å². The fourth-order valence-electron chi connectivity index (χ4n) is 2.82. The van der Waals surface area contributed by atoms with Gasteiger partial charge in [-0.15, -0.1) is 0 Å². The van der Waals surface area contributed by atoms with Gasteiger partial charge in [-0.2, -0.15) is 0 Å². The van der Waals surface area contributed by atoms with E-state index in [1.807, 2.05) is 19.1 Å². The van der Waals surface area contributed by atoms with Gasteiger partial charge in [0, 0.05) is 0 Å². The van der Waals surface area contributed by atoms with E-state index in [0.717, 1.165) is 5.56 Å². The number of carboxylic acids is 1. The van der Waals surface area contributed by atoms with Gasteiger partial charge in [0.2, 0.25) is 0 Å². The number of aliphatic carboxylic acids is 1. The van der Waals surface area contributed by atoms with Gasteiger partial charge in [0.25, 0.3) is 5.89 Å². The second kappa shape index (κ2) is 9.29. The highest BCUT2D eigenvalue weighted by molar-refractivity contribution is 5.71. The summed E-state index contributed by atoms with van der Waals surface area (Å²) in [4.78, 5) is 15.1. The smallest absolute Gasteiger partial charge is 0.332 e. The number of methoxy groups -OCH3 is 1. The van der Waals surface area contributed by atoms with Crippen molar-refractivity contribution in [2.24, 2.45) is 0 Å². The minimum Gasteiger partial charge on any atom is -0.493 e. The van der Waals surface area contributed by atoms with Crippen LogP contribution in [0.2, 0.25) is 0 Å². The van der Waals surface area contributed by atoms with E-state index >= 15 is 0 Å². The molecule has 0 aliphatic heterocycles. The molecule has 0 radical (unpaired) electrons. The molecule has 0 saturated heterocycles. The molecule has 29 heavy (non-hydrogen) atoms. The molecule has 0 fully saturated rings. The van der Waals surface area contributed by atoms with Crippen LogP contribution in [-0.2, 0) is 17.8 Å². The van der Waals surface area contributed by atoms with Gasteiger partial charge < -0.3 is 28.5 Å². The Hall–Kier alpha value is -3.26. The molecule has 0 bridgehead atoms. The van der Waals surface area contributed by atoms with Crippen LogP contribution >= 0.6 is 0 Å². The number of carboxylic acid groups (broad SMARTS) is 1. The number of aliphatic hydroxyl groups excluding tert-OH is 1. The number of nitrogens with zero attached hydrogens (tertiary/aromatic N) is 1. The van der Waals surface area contributed by atoms with Crippen LogP contribution in [-0.4, -0.2) is 34.4 Å². The van der Waals surface area contributed by atoms with Gasteiger partial charge in [-0.05, 0) is 56.0 Å². The fraction of sp³-hybridized carbons (Fsp3) is 0.333. The minimum absolute atomic E-state index is 0.194. The lowest BCUT2D eigenvalue weighted by molar-refractivity contribution is -0.146. The molecule has 3 rings (SSSR count). The maximum Gasteiger partial charge on any atom is 0.332 e. The van der Waals surface area contributed by atoms with Crippen LogP contribution in [0.5, 0.6) is 11.5 Å². The average Bonchev–Trinajstić information content (AvgIpc) is 3.36. The van der Waals surface area contributed by atoms with Crippen LogP contribution < -0.4 is 9.47 Å². The molecule has 0 aliphatic rings. The molecule has 1 unspecified atom stereocenters. The highest BCUT2D eigenvalue weighted by Crippen LogP contribution is 2.30.